The minimum Gasteiger partial charge on any atom is -0.465 e. The van der Waals surface area contributed by atoms with Crippen LogP contribution in [0.25, 0.3) is 0 Å². The molecule has 0 saturated carbocycles. The van der Waals surface area contributed by atoms with Crippen LogP contribution < -0.4 is 0 Å². The van der Waals surface area contributed by atoms with Crippen molar-refractivity contribution in [3.05, 3.63) is 94.1 Å². The van der Waals surface area contributed by atoms with Crippen LogP contribution in [-0.4, -0.2) is 34.6 Å². The highest BCUT2D eigenvalue weighted by molar-refractivity contribution is 5.97. The van der Waals surface area contributed by atoms with E-state index in [9.17, 15) is 14.4 Å². The highest BCUT2D eigenvalue weighted by Gasteiger charge is 2.13. The summed E-state index contributed by atoms with van der Waals surface area (Å²) in [5, 5.41) is 17.5. The molecule has 0 fully saturated rings. The number of ether oxygens (including phenoxy) is 1. The summed E-state index contributed by atoms with van der Waals surface area (Å²) < 4.78 is 4.87. The first-order valence-electron chi connectivity index (χ1n) is 11.3. The number of carbonyl (C=O) groups is 3. The Morgan fingerprint density at radius 3 is 1.75 bits per heavy atom. The summed E-state index contributed by atoms with van der Waals surface area (Å²) in [5.74, 6) is -0.968. The van der Waals surface area contributed by atoms with Gasteiger partial charge in [0.2, 0.25) is 0 Å². The van der Waals surface area contributed by atoms with Crippen LogP contribution >= 0.6 is 0 Å². The van der Waals surface area contributed by atoms with Crippen LogP contribution in [0.5, 0.6) is 0 Å². The smallest absolute Gasteiger partial charge is 0.337 e. The van der Waals surface area contributed by atoms with Gasteiger partial charge in [-0.15, -0.1) is 0 Å². The Balaban J connectivity index is 1.80. The third-order valence-electron chi connectivity index (χ3n) is 5.71. The molecule has 3 aromatic rings. The summed E-state index contributed by atoms with van der Waals surface area (Å²) >= 11 is 0. The number of hydrogen-bond donors (Lipinski definition) is 0. The maximum Gasteiger partial charge on any atom is 0.337 e. The van der Waals surface area contributed by atoms with Crippen molar-refractivity contribution in [3.63, 3.8) is 0 Å². The van der Waals surface area contributed by atoms with E-state index in [1.807, 2.05) is 24.3 Å². The van der Waals surface area contributed by atoms with E-state index in [0.717, 1.165) is 22.3 Å². The molecule has 2 heterocycles. The number of aryl methyl sites for hydroxylation is 4. The molecule has 0 aliphatic carbocycles. The van der Waals surface area contributed by atoms with Crippen LogP contribution in [0.3, 0.4) is 0 Å². The van der Waals surface area contributed by atoms with Crippen LogP contribution in [0.2, 0.25) is 0 Å². The molecular weight excluding hydrogens is 456 g/mol. The maximum absolute atomic E-state index is 12.1. The van der Waals surface area contributed by atoms with E-state index < -0.39 is 5.97 Å². The number of benzene rings is 1. The van der Waals surface area contributed by atoms with Gasteiger partial charge in [-0.1, -0.05) is 6.07 Å². The monoisotopic (exact) mass is 480 g/mol. The molecule has 8 heteroatoms. The third kappa shape index (κ3) is 6.91. The van der Waals surface area contributed by atoms with Gasteiger partial charge in [-0.2, -0.15) is 10.5 Å². The first-order chi connectivity index (χ1) is 17.4. The minimum atomic E-state index is -0.429. The number of rotatable bonds is 11. The first kappa shape index (κ1) is 25.9. The average Bonchev–Trinajstić information content (AvgIpc) is 2.91. The molecule has 8 nitrogen and oxygen atoms in total. The van der Waals surface area contributed by atoms with E-state index in [2.05, 4.69) is 9.97 Å². The number of ketones is 2. The molecule has 0 bridgehead atoms. The zero-order valence-corrected chi connectivity index (χ0v) is 19.9. The lowest BCUT2D eigenvalue weighted by Crippen LogP contribution is -2.07. The number of Topliss-reactive ketones (excluding diaryl/α,β-unsaturated/α-hetero) is 2. The fourth-order valence-electron chi connectivity index (χ4n) is 3.81. The van der Waals surface area contributed by atoms with Crippen molar-refractivity contribution in [2.75, 3.05) is 7.11 Å². The average molecular weight is 481 g/mol. The molecule has 3 rings (SSSR count). The highest BCUT2D eigenvalue weighted by atomic mass is 16.5. The lowest BCUT2D eigenvalue weighted by molar-refractivity contribution is 0.0600. The zero-order valence-electron chi connectivity index (χ0n) is 19.9. The molecule has 0 atom stereocenters. The largest absolute Gasteiger partial charge is 0.465 e. The van der Waals surface area contributed by atoms with E-state index in [0.29, 0.717) is 42.4 Å². The summed E-state index contributed by atoms with van der Waals surface area (Å²) in [4.78, 5) is 44.5. The number of methoxy groups -OCH3 is 1. The lowest BCUT2D eigenvalue weighted by Gasteiger charge is -2.12. The van der Waals surface area contributed by atoms with Gasteiger partial charge in [0.15, 0.2) is 11.6 Å². The van der Waals surface area contributed by atoms with Crippen molar-refractivity contribution < 1.29 is 19.1 Å². The summed E-state index contributed by atoms with van der Waals surface area (Å²) in [6, 6.07) is 12.6. The molecular formula is C28H24N4O4. The summed E-state index contributed by atoms with van der Waals surface area (Å²) in [6.07, 6.45) is 8.34. The van der Waals surface area contributed by atoms with Gasteiger partial charge in [0, 0.05) is 35.9 Å². The first-order valence-corrected chi connectivity index (χ1v) is 11.3. The SMILES string of the molecule is COC(=O)c1ccc(CCc2cncc(C(=O)CC#N)c2)c(CCc2cncc(C(=O)CC#N)c2)c1. The Morgan fingerprint density at radius 1 is 0.722 bits per heavy atom. The van der Waals surface area contributed by atoms with Gasteiger partial charge in [-0.3, -0.25) is 19.6 Å². The molecule has 0 unspecified atom stereocenters. The second-order valence-electron chi connectivity index (χ2n) is 8.15. The van der Waals surface area contributed by atoms with Gasteiger partial charge in [0.05, 0.1) is 37.7 Å². The molecule has 0 N–H and O–H groups in total. The second kappa shape index (κ2) is 12.7. The Morgan fingerprint density at radius 2 is 1.25 bits per heavy atom. The minimum absolute atomic E-state index is 0.192. The molecule has 0 spiro atoms. The van der Waals surface area contributed by atoms with Gasteiger partial charge in [0.25, 0.3) is 0 Å². The van der Waals surface area contributed by atoms with Gasteiger partial charge in [-0.05, 0) is 72.2 Å². The molecule has 0 aliphatic rings. The van der Waals surface area contributed by atoms with E-state index in [1.165, 1.54) is 19.5 Å². The number of hydrogen-bond acceptors (Lipinski definition) is 8. The summed E-state index contributed by atoms with van der Waals surface area (Å²) in [6.45, 7) is 0. The number of nitriles is 2. The number of carbonyl (C=O) groups excluding carboxylic acids is 3. The van der Waals surface area contributed by atoms with E-state index in [1.54, 1.807) is 30.6 Å². The van der Waals surface area contributed by atoms with Crippen LogP contribution in [0, 0.1) is 22.7 Å². The molecule has 0 amide bonds. The molecule has 0 radical (unpaired) electrons. The van der Waals surface area contributed by atoms with Gasteiger partial charge in [-0.25, -0.2) is 4.79 Å². The quantitative estimate of drug-likeness (QED) is 0.297. The van der Waals surface area contributed by atoms with Crippen molar-refractivity contribution in [1.29, 1.82) is 10.5 Å². The Kier molecular flexibility index (Phi) is 9.13. The number of nitrogens with zero attached hydrogens (tertiary/aromatic N) is 4. The Hall–Kier alpha value is -4.69. The van der Waals surface area contributed by atoms with E-state index >= 15 is 0 Å². The summed E-state index contributed by atoms with van der Waals surface area (Å²) in [7, 11) is 1.33. The molecule has 2 aromatic heterocycles. The second-order valence-corrected chi connectivity index (χ2v) is 8.15. The Bertz CT molecular complexity index is 1370. The van der Waals surface area contributed by atoms with Gasteiger partial charge in [0.1, 0.15) is 0 Å². The maximum atomic E-state index is 12.1. The van der Waals surface area contributed by atoms with Gasteiger partial charge < -0.3 is 4.74 Å². The Labute approximate surface area is 209 Å². The van der Waals surface area contributed by atoms with Crippen molar-refractivity contribution in [3.8, 4) is 12.1 Å². The molecule has 180 valence electrons. The molecule has 0 saturated heterocycles. The molecule has 36 heavy (non-hydrogen) atoms. The van der Waals surface area contributed by atoms with Crippen molar-refractivity contribution in [2.24, 2.45) is 0 Å². The van der Waals surface area contributed by atoms with Crippen molar-refractivity contribution >= 4 is 17.5 Å². The normalized spacial score (nSPS) is 10.2. The van der Waals surface area contributed by atoms with Crippen LogP contribution in [0.15, 0.2) is 55.1 Å². The number of esters is 1. The van der Waals surface area contributed by atoms with Crippen LogP contribution in [0.4, 0.5) is 0 Å². The van der Waals surface area contributed by atoms with Gasteiger partial charge >= 0.3 is 5.97 Å². The zero-order chi connectivity index (χ0) is 25.9. The van der Waals surface area contributed by atoms with Crippen LogP contribution in [-0.2, 0) is 30.4 Å². The highest BCUT2D eigenvalue weighted by Crippen LogP contribution is 2.19. The molecule has 0 aliphatic heterocycles. The fourth-order valence-corrected chi connectivity index (χ4v) is 3.81. The lowest BCUT2D eigenvalue weighted by atomic mass is 9.93. The topological polar surface area (TPSA) is 134 Å². The van der Waals surface area contributed by atoms with E-state index in [4.69, 9.17) is 15.3 Å². The van der Waals surface area contributed by atoms with E-state index in [-0.39, 0.29) is 24.4 Å². The fraction of sp³-hybridized carbons (Fsp3) is 0.250. The van der Waals surface area contributed by atoms with Crippen LogP contribution in [0.1, 0.15) is 66.2 Å². The van der Waals surface area contributed by atoms with Crippen molar-refractivity contribution in [1.82, 2.24) is 9.97 Å². The number of aromatic nitrogens is 2. The molecule has 1 aromatic carbocycles. The predicted molar refractivity (Wildman–Crippen MR) is 130 cm³/mol. The number of pyridine rings is 2. The summed E-state index contributed by atoms with van der Waals surface area (Å²) in [5.41, 5.74) is 4.95. The predicted octanol–water partition coefficient (Wildman–Crippen LogP) is 4.03. The van der Waals surface area contributed by atoms with Crippen molar-refractivity contribution in [2.45, 2.75) is 38.5 Å². The third-order valence-corrected chi connectivity index (χ3v) is 5.71. The standard InChI is InChI=1S/C28H24N4O4/c1-36-28(35)23-7-6-21(4-2-19-12-24(17-31-15-19)26(33)8-10-29)22(14-23)5-3-20-13-25(18-32-16-20)27(34)9-11-30/h6-7,12-18H,2-5,8-9H2,1H3.